The van der Waals surface area contributed by atoms with Gasteiger partial charge in [-0.1, -0.05) is 0 Å². The van der Waals surface area contributed by atoms with E-state index in [9.17, 15) is 5.11 Å². The zero-order valence-corrected chi connectivity index (χ0v) is 10.1. The Bertz CT molecular complexity index is 373. The molecule has 88 valence electrons. The summed E-state index contributed by atoms with van der Waals surface area (Å²) in [5.74, 6) is 0.928. The number of rotatable bonds is 2. The Hall–Kier alpha value is -1.16. The third kappa shape index (κ3) is 2.16. The summed E-state index contributed by atoms with van der Waals surface area (Å²) in [4.78, 5) is 10.6. The van der Waals surface area contributed by atoms with Crippen molar-refractivity contribution in [1.29, 1.82) is 0 Å². The lowest BCUT2D eigenvalue weighted by molar-refractivity contribution is 0.0533. The molecule has 0 saturated carbocycles. The SMILES string of the molecule is Cc1cc(N2CCC[C@@H]2C(C)(C)O)ncn1. The Morgan fingerprint density at radius 1 is 1.44 bits per heavy atom. The molecule has 0 aliphatic carbocycles. The molecule has 4 nitrogen and oxygen atoms in total. The highest BCUT2D eigenvalue weighted by Crippen LogP contribution is 2.30. The topological polar surface area (TPSA) is 49.2 Å². The van der Waals surface area contributed by atoms with Gasteiger partial charge in [0.1, 0.15) is 12.1 Å². The number of aliphatic hydroxyl groups is 1. The number of hydrogen-bond donors (Lipinski definition) is 1. The van der Waals surface area contributed by atoms with Crippen LogP contribution in [0.15, 0.2) is 12.4 Å². The van der Waals surface area contributed by atoms with Crippen LogP contribution in [0.4, 0.5) is 5.82 Å². The van der Waals surface area contributed by atoms with E-state index in [0.29, 0.717) is 0 Å². The summed E-state index contributed by atoms with van der Waals surface area (Å²) in [5, 5.41) is 10.1. The molecule has 1 aliphatic heterocycles. The van der Waals surface area contributed by atoms with E-state index in [1.807, 2.05) is 26.8 Å². The van der Waals surface area contributed by atoms with Crippen LogP contribution < -0.4 is 4.90 Å². The molecule has 1 saturated heterocycles. The quantitative estimate of drug-likeness (QED) is 0.822. The Morgan fingerprint density at radius 2 is 2.19 bits per heavy atom. The minimum Gasteiger partial charge on any atom is -0.388 e. The van der Waals surface area contributed by atoms with Crippen molar-refractivity contribution in [2.24, 2.45) is 0 Å². The first-order chi connectivity index (χ1) is 7.48. The highest BCUT2D eigenvalue weighted by Gasteiger charge is 2.36. The Labute approximate surface area is 96.3 Å². The highest BCUT2D eigenvalue weighted by atomic mass is 16.3. The highest BCUT2D eigenvalue weighted by molar-refractivity contribution is 5.42. The molecule has 1 aromatic heterocycles. The smallest absolute Gasteiger partial charge is 0.132 e. The van der Waals surface area contributed by atoms with Gasteiger partial charge in [0.2, 0.25) is 0 Å². The molecule has 0 bridgehead atoms. The first-order valence-corrected chi connectivity index (χ1v) is 5.76. The van der Waals surface area contributed by atoms with E-state index in [2.05, 4.69) is 14.9 Å². The van der Waals surface area contributed by atoms with Crippen molar-refractivity contribution >= 4 is 5.82 Å². The average molecular weight is 221 g/mol. The fraction of sp³-hybridized carbons (Fsp3) is 0.667. The summed E-state index contributed by atoms with van der Waals surface area (Å²) in [6.07, 6.45) is 3.72. The second kappa shape index (κ2) is 4.01. The van der Waals surface area contributed by atoms with Crippen molar-refractivity contribution in [2.45, 2.75) is 45.3 Å². The molecule has 1 atom stereocenters. The average Bonchev–Trinajstić information content (AvgIpc) is 2.65. The predicted octanol–water partition coefficient (Wildman–Crippen LogP) is 1.52. The number of hydrogen-bond acceptors (Lipinski definition) is 4. The maximum Gasteiger partial charge on any atom is 0.132 e. The number of aryl methyl sites for hydroxylation is 1. The van der Waals surface area contributed by atoms with Gasteiger partial charge in [-0.05, 0) is 33.6 Å². The van der Waals surface area contributed by atoms with Crippen LogP contribution in [0.25, 0.3) is 0 Å². The van der Waals surface area contributed by atoms with Gasteiger partial charge in [0.15, 0.2) is 0 Å². The molecule has 2 heterocycles. The summed E-state index contributed by atoms with van der Waals surface area (Å²) in [7, 11) is 0. The maximum absolute atomic E-state index is 10.1. The second-order valence-electron chi connectivity index (χ2n) is 5.02. The first-order valence-electron chi connectivity index (χ1n) is 5.76. The van der Waals surface area contributed by atoms with E-state index in [1.165, 1.54) is 0 Å². The molecule has 0 unspecified atom stereocenters. The summed E-state index contributed by atoms with van der Waals surface area (Å²) < 4.78 is 0. The van der Waals surface area contributed by atoms with Gasteiger partial charge in [-0.25, -0.2) is 9.97 Å². The van der Waals surface area contributed by atoms with Crippen molar-refractivity contribution in [3.8, 4) is 0 Å². The van der Waals surface area contributed by atoms with Gasteiger partial charge in [0.05, 0.1) is 11.6 Å². The minimum absolute atomic E-state index is 0.154. The van der Waals surface area contributed by atoms with E-state index in [0.717, 1.165) is 30.9 Å². The standard InChI is InChI=1S/C12H19N3O/c1-9-7-11(14-8-13-9)15-6-4-5-10(15)12(2,3)16/h7-8,10,16H,4-6H2,1-3H3/t10-/m1/s1. The lowest BCUT2D eigenvalue weighted by atomic mass is 9.97. The van der Waals surface area contributed by atoms with Crippen molar-refractivity contribution in [3.05, 3.63) is 18.1 Å². The molecule has 1 aliphatic rings. The molecular formula is C12H19N3O. The molecule has 0 spiro atoms. The zero-order chi connectivity index (χ0) is 11.8. The van der Waals surface area contributed by atoms with Gasteiger partial charge in [-0.15, -0.1) is 0 Å². The molecule has 16 heavy (non-hydrogen) atoms. The normalized spacial score (nSPS) is 21.5. The summed E-state index contributed by atoms with van der Waals surface area (Å²) >= 11 is 0. The number of aromatic nitrogens is 2. The van der Waals surface area contributed by atoms with Gasteiger partial charge in [-0.3, -0.25) is 0 Å². The van der Waals surface area contributed by atoms with Crippen LogP contribution >= 0.6 is 0 Å². The van der Waals surface area contributed by atoms with Crippen molar-refractivity contribution in [3.63, 3.8) is 0 Å². The van der Waals surface area contributed by atoms with Gasteiger partial charge in [0, 0.05) is 18.3 Å². The van der Waals surface area contributed by atoms with Gasteiger partial charge in [-0.2, -0.15) is 0 Å². The van der Waals surface area contributed by atoms with Crippen LogP contribution in [-0.4, -0.2) is 33.3 Å². The Balaban J connectivity index is 2.27. The van der Waals surface area contributed by atoms with Crippen molar-refractivity contribution in [2.75, 3.05) is 11.4 Å². The van der Waals surface area contributed by atoms with Crippen LogP contribution in [0.2, 0.25) is 0 Å². The third-order valence-corrected chi connectivity index (χ3v) is 3.15. The van der Waals surface area contributed by atoms with E-state index < -0.39 is 5.60 Å². The van der Waals surface area contributed by atoms with Gasteiger partial charge in [0.25, 0.3) is 0 Å². The molecule has 1 fully saturated rings. The van der Waals surface area contributed by atoms with Crippen molar-refractivity contribution in [1.82, 2.24) is 9.97 Å². The Kier molecular flexibility index (Phi) is 2.84. The van der Waals surface area contributed by atoms with Crippen LogP contribution in [0, 0.1) is 6.92 Å². The summed E-state index contributed by atoms with van der Waals surface area (Å²) in [6, 6.07) is 2.13. The largest absolute Gasteiger partial charge is 0.388 e. The van der Waals surface area contributed by atoms with E-state index in [1.54, 1.807) is 6.33 Å². The molecule has 2 rings (SSSR count). The lowest BCUT2D eigenvalue weighted by Gasteiger charge is -2.34. The number of anilines is 1. The van der Waals surface area contributed by atoms with Crippen molar-refractivity contribution < 1.29 is 5.11 Å². The fourth-order valence-electron chi connectivity index (χ4n) is 2.37. The molecule has 0 radical (unpaired) electrons. The monoisotopic (exact) mass is 221 g/mol. The Morgan fingerprint density at radius 3 is 2.81 bits per heavy atom. The first kappa shape index (κ1) is 11.3. The summed E-state index contributed by atoms with van der Waals surface area (Å²) in [5.41, 5.74) is 0.279. The molecular weight excluding hydrogens is 202 g/mol. The van der Waals surface area contributed by atoms with E-state index in [-0.39, 0.29) is 6.04 Å². The molecule has 1 aromatic rings. The number of nitrogens with zero attached hydrogens (tertiary/aromatic N) is 3. The minimum atomic E-state index is -0.685. The van der Waals surface area contributed by atoms with Crippen LogP contribution in [-0.2, 0) is 0 Å². The summed E-state index contributed by atoms with van der Waals surface area (Å²) in [6.45, 7) is 6.65. The third-order valence-electron chi connectivity index (χ3n) is 3.15. The van der Waals surface area contributed by atoms with Gasteiger partial charge < -0.3 is 10.0 Å². The van der Waals surface area contributed by atoms with Gasteiger partial charge >= 0.3 is 0 Å². The molecule has 4 heteroatoms. The van der Waals surface area contributed by atoms with E-state index in [4.69, 9.17) is 0 Å². The molecule has 0 aromatic carbocycles. The van der Waals surface area contributed by atoms with Crippen LogP contribution in [0.1, 0.15) is 32.4 Å². The zero-order valence-electron chi connectivity index (χ0n) is 10.1. The molecule has 0 amide bonds. The lowest BCUT2D eigenvalue weighted by Crippen LogP contribution is -2.46. The second-order valence-corrected chi connectivity index (χ2v) is 5.02. The van der Waals surface area contributed by atoms with Crippen LogP contribution in [0.5, 0.6) is 0 Å². The molecule has 1 N–H and O–H groups in total. The predicted molar refractivity (Wildman–Crippen MR) is 63.4 cm³/mol. The fourth-order valence-corrected chi connectivity index (χ4v) is 2.37. The maximum atomic E-state index is 10.1. The van der Waals surface area contributed by atoms with Crippen LogP contribution in [0.3, 0.4) is 0 Å². The van der Waals surface area contributed by atoms with E-state index >= 15 is 0 Å².